The van der Waals surface area contributed by atoms with Crippen LogP contribution in [0.1, 0.15) is 55.2 Å². The lowest BCUT2D eigenvalue weighted by atomic mass is 10.2. The van der Waals surface area contributed by atoms with Crippen molar-refractivity contribution >= 4 is 17.0 Å². The Morgan fingerprint density at radius 3 is 2.67 bits per heavy atom. The Morgan fingerprint density at radius 2 is 2.05 bits per heavy atom. The number of hydrogen-bond donors (Lipinski definition) is 2. The van der Waals surface area contributed by atoms with Crippen molar-refractivity contribution in [1.29, 1.82) is 0 Å². The van der Waals surface area contributed by atoms with E-state index in [1.807, 2.05) is 0 Å². The molecule has 0 saturated carbocycles. The first kappa shape index (κ1) is 15.5. The normalized spacial score (nSPS) is 11.4. The summed E-state index contributed by atoms with van der Waals surface area (Å²) in [5.74, 6) is 0.344. The third-order valence-corrected chi connectivity index (χ3v) is 3.58. The van der Waals surface area contributed by atoms with Gasteiger partial charge in [-0.15, -0.1) is 0 Å². The molecule has 0 aliphatic carbocycles. The van der Waals surface area contributed by atoms with Crippen LogP contribution < -0.4 is 0 Å². The number of aromatic carboxylic acids is 1. The van der Waals surface area contributed by atoms with Gasteiger partial charge in [-0.1, -0.05) is 13.8 Å². The van der Waals surface area contributed by atoms with Crippen molar-refractivity contribution in [3.8, 4) is 0 Å². The molecule has 0 aliphatic rings. The van der Waals surface area contributed by atoms with Gasteiger partial charge in [-0.05, 0) is 37.5 Å². The molecule has 2 rings (SSSR count). The fourth-order valence-electron chi connectivity index (χ4n) is 2.51. The molecule has 0 saturated heterocycles. The highest BCUT2D eigenvalue weighted by Gasteiger charge is 2.15. The fraction of sp³-hybridized carbons (Fsp3) is 0.500. The standard InChI is InChI=1S/C16H22N2O3/c1-11(2)15-17-13-7-6-12(16(20)21)10-14(13)18(15)8-4-3-5-9-19/h6-7,10-11,19H,3-5,8-9H2,1-2H3,(H,20,21). The molecule has 5 nitrogen and oxygen atoms in total. The number of hydrogen-bond acceptors (Lipinski definition) is 3. The first-order chi connectivity index (χ1) is 10.0. The van der Waals surface area contributed by atoms with Gasteiger partial charge in [-0.25, -0.2) is 9.78 Å². The van der Waals surface area contributed by atoms with Gasteiger partial charge in [0.05, 0.1) is 16.6 Å². The van der Waals surface area contributed by atoms with Gasteiger partial charge >= 0.3 is 5.97 Å². The van der Waals surface area contributed by atoms with E-state index in [1.54, 1.807) is 18.2 Å². The van der Waals surface area contributed by atoms with Gasteiger partial charge in [-0.2, -0.15) is 0 Å². The molecule has 0 atom stereocenters. The number of fused-ring (bicyclic) bond motifs is 1. The molecular weight excluding hydrogens is 268 g/mol. The molecule has 2 aromatic rings. The number of carbonyl (C=O) groups is 1. The molecule has 1 aromatic heterocycles. The molecule has 5 heteroatoms. The van der Waals surface area contributed by atoms with Crippen molar-refractivity contribution in [2.45, 2.75) is 45.6 Å². The van der Waals surface area contributed by atoms with Crippen molar-refractivity contribution in [3.05, 3.63) is 29.6 Å². The average molecular weight is 290 g/mol. The number of rotatable bonds is 7. The van der Waals surface area contributed by atoms with Crippen LogP contribution in [0.4, 0.5) is 0 Å². The molecule has 0 spiro atoms. The Labute approximate surface area is 124 Å². The molecule has 21 heavy (non-hydrogen) atoms. The van der Waals surface area contributed by atoms with E-state index in [2.05, 4.69) is 23.4 Å². The van der Waals surface area contributed by atoms with Gasteiger partial charge in [-0.3, -0.25) is 0 Å². The zero-order valence-electron chi connectivity index (χ0n) is 12.5. The molecular formula is C16H22N2O3. The summed E-state index contributed by atoms with van der Waals surface area (Å²) >= 11 is 0. The van der Waals surface area contributed by atoms with E-state index in [-0.39, 0.29) is 18.1 Å². The lowest BCUT2D eigenvalue weighted by molar-refractivity contribution is 0.0697. The minimum atomic E-state index is -0.920. The number of aliphatic hydroxyl groups is 1. The second-order valence-electron chi connectivity index (χ2n) is 5.57. The van der Waals surface area contributed by atoms with E-state index < -0.39 is 5.97 Å². The highest BCUT2D eigenvalue weighted by Crippen LogP contribution is 2.23. The van der Waals surface area contributed by atoms with Crippen LogP contribution in [0.3, 0.4) is 0 Å². The van der Waals surface area contributed by atoms with E-state index in [0.29, 0.717) is 0 Å². The minimum Gasteiger partial charge on any atom is -0.478 e. The quantitative estimate of drug-likeness (QED) is 0.769. The lowest BCUT2D eigenvalue weighted by Gasteiger charge is -2.11. The Bertz CT molecular complexity index is 632. The third kappa shape index (κ3) is 3.42. The molecule has 1 heterocycles. The molecule has 0 amide bonds. The Kier molecular flexibility index (Phi) is 4.96. The SMILES string of the molecule is CC(C)c1nc2ccc(C(=O)O)cc2n1CCCCCO. The van der Waals surface area contributed by atoms with Crippen LogP contribution in [-0.2, 0) is 6.54 Å². The first-order valence-corrected chi connectivity index (χ1v) is 7.39. The Balaban J connectivity index is 2.39. The highest BCUT2D eigenvalue weighted by atomic mass is 16.4. The number of imidazole rings is 1. The van der Waals surface area contributed by atoms with Gasteiger partial charge in [0.25, 0.3) is 0 Å². The van der Waals surface area contributed by atoms with E-state index >= 15 is 0 Å². The number of nitrogens with zero attached hydrogens (tertiary/aromatic N) is 2. The second kappa shape index (κ2) is 6.72. The summed E-state index contributed by atoms with van der Waals surface area (Å²) in [5, 5.41) is 18.0. The Morgan fingerprint density at radius 1 is 1.29 bits per heavy atom. The van der Waals surface area contributed by atoms with Crippen LogP contribution in [0.15, 0.2) is 18.2 Å². The van der Waals surface area contributed by atoms with Crippen molar-refractivity contribution in [2.24, 2.45) is 0 Å². The topological polar surface area (TPSA) is 75.3 Å². The van der Waals surface area contributed by atoms with Crippen LogP contribution >= 0.6 is 0 Å². The number of carboxylic acids is 1. The number of benzene rings is 1. The van der Waals surface area contributed by atoms with E-state index in [0.717, 1.165) is 42.7 Å². The van der Waals surface area contributed by atoms with Crippen LogP contribution in [0.5, 0.6) is 0 Å². The number of aliphatic hydroxyl groups excluding tert-OH is 1. The fourth-order valence-corrected chi connectivity index (χ4v) is 2.51. The summed E-state index contributed by atoms with van der Waals surface area (Å²) in [5.41, 5.74) is 2.00. The van der Waals surface area contributed by atoms with Gasteiger partial charge in [0.2, 0.25) is 0 Å². The van der Waals surface area contributed by atoms with Crippen molar-refractivity contribution in [1.82, 2.24) is 9.55 Å². The molecule has 0 aliphatic heterocycles. The zero-order valence-corrected chi connectivity index (χ0v) is 12.5. The second-order valence-corrected chi connectivity index (χ2v) is 5.57. The van der Waals surface area contributed by atoms with Crippen molar-refractivity contribution in [2.75, 3.05) is 6.61 Å². The van der Waals surface area contributed by atoms with Crippen LogP contribution in [-0.4, -0.2) is 32.3 Å². The molecule has 2 N–H and O–H groups in total. The zero-order chi connectivity index (χ0) is 15.4. The van der Waals surface area contributed by atoms with Crippen LogP contribution in [0.2, 0.25) is 0 Å². The predicted molar refractivity (Wildman–Crippen MR) is 81.7 cm³/mol. The maximum absolute atomic E-state index is 11.1. The van der Waals surface area contributed by atoms with Gasteiger partial charge in [0.15, 0.2) is 0 Å². The molecule has 114 valence electrons. The number of carboxylic acid groups (broad SMARTS) is 1. The monoisotopic (exact) mass is 290 g/mol. The van der Waals surface area contributed by atoms with E-state index in [1.165, 1.54) is 0 Å². The van der Waals surface area contributed by atoms with Crippen molar-refractivity contribution in [3.63, 3.8) is 0 Å². The van der Waals surface area contributed by atoms with Gasteiger partial charge in [0.1, 0.15) is 5.82 Å². The van der Waals surface area contributed by atoms with Gasteiger partial charge < -0.3 is 14.8 Å². The smallest absolute Gasteiger partial charge is 0.335 e. The number of unbranched alkanes of at least 4 members (excludes halogenated alkanes) is 2. The first-order valence-electron chi connectivity index (χ1n) is 7.39. The molecule has 0 fully saturated rings. The van der Waals surface area contributed by atoms with Crippen LogP contribution in [0.25, 0.3) is 11.0 Å². The Hall–Kier alpha value is -1.88. The average Bonchev–Trinajstić information content (AvgIpc) is 2.81. The van der Waals surface area contributed by atoms with E-state index in [9.17, 15) is 4.79 Å². The maximum Gasteiger partial charge on any atom is 0.335 e. The summed E-state index contributed by atoms with van der Waals surface area (Å²) in [6.45, 7) is 5.19. The summed E-state index contributed by atoms with van der Waals surface area (Å²) < 4.78 is 2.11. The van der Waals surface area contributed by atoms with Crippen LogP contribution in [0, 0.1) is 0 Å². The number of aromatic nitrogens is 2. The summed E-state index contributed by atoms with van der Waals surface area (Å²) in [6.07, 6.45) is 2.69. The summed E-state index contributed by atoms with van der Waals surface area (Å²) in [4.78, 5) is 15.8. The van der Waals surface area contributed by atoms with Crippen molar-refractivity contribution < 1.29 is 15.0 Å². The predicted octanol–water partition coefficient (Wildman–Crippen LogP) is 3.02. The number of aryl methyl sites for hydroxylation is 1. The van der Waals surface area contributed by atoms with Gasteiger partial charge in [0, 0.05) is 19.1 Å². The molecule has 0 bridgehead atoms. The minimum absolute atomic E-state index is 0.213. The third-order valence-electron chi connectivity index (χ3n) is 3.58. The lowest BCUT2D eigenvalue weighted by Crippen LogP contribution is -2.06. The largest absolute Gasteiger partial charge is 0.478 e. The summed E-state index contributed by atoms with van der Waals surface area (Å²) in [7, 11) is 0. The maximum atomic E-state index is 11.1. The molecule has 0 unspecified atom stereocenters. The summed E-state index contributed by atoms with van der Waals surface area (Å²) in [6, 6.07) is 5.06. The van der Waals surface area contributed by atoms with E-state index in [4.69, 9.17) is 10.2 Å². The highest BCUT2D eigenvalue weighted by molar-refractivity contribution is 5.92. The molecule has 1 aromatic carbocycles. The molecule has 0 radical (unpaired) electrons.